The summed E-state index contributed by atoms with van der Waals surface area (Å²) in [4.78, 5) is 15.5. The second kappa shape index (κ2) is 5.61. The molecule has 2 rings (SSSR count). The standard InChI is InChI=1S/C15H22N2O2/c1-11-4-5-14(12(2)8-11)17-7-6-16(3)10-13(17)9-15(18)19/h4-5,8,13H,6-7,9-10H2,1-3H3,(H,18,19). The first-order chi connectivity index (χ1) is 8.97. The Bertz CT molecular complexity index is 473. The molecule has 1 aliphatic rings. The second-order valence-electron chi connectivity index (χ2n) is 5.50. The van der Waals surface area contributed by atoms with Crippen molar-refractivity contribution in [2.75, 3.05) is 31.6 Å². The van der Waals surface area contributed by atoms with Gasteiger partial charge in [-0.3, -0.25) is 4.79 Å². The average molecular weight is 262 g/mol. The van der Waals surface area contributed by atoms with Gasteiger partial charge in [0, 0.05) is 25.3 Å². The van der Waals surface area contributed by atoms with Crippen LogP contribution in [0, 0.1) is 13.8 Å². The van der Waals surface area contributed by atoms with E-state index < -0.39 is 5.97 Å². The Morgan fingerprint density at radius 1 is 1.37 bits per heavy atom. The molecule has 4 nitrogen and oxygen atoms in total. The van der Waals surface area contributed by atoms with Crippen molar-refractivity contribution in [3.8, 4) is 0 Å². The van der Waals surface area contributed by atoms with Crippen LogP contribution < -0.4 is 4.90 Å². The lowest BCUT2D eigenvalue weighted by Gasteiger charge is -2.41. The van der Waals surface area contributed by atoms with E-state index in [1.54, 1.807) is 0 Å². The normalized spacial score (nSPS) is 20.6. The summed E-state index contributed by atoms with van der Waals surface area (Å²) in [5.41, 5.74) is 3.63. The Morgan fingerprint density at radius 3 is 2.74 bits per heavy atom. The van der Waals surface area contributed by atoms with Crippen LogP contribution in [0.2, 0.25) is 0 Å². The van der Waals surface area contributed by atoms with Crippen molar-refractivity contribution in [1.29, 1.82) is 0 Å². The molecule has 4 heteroatoms. The van der Waals surface area contributed by atoms with Crippen molar-refractivity contribution >= 4 is 11.7 Å². The number of carboxylic acids is 1. The maximum Gasteiger partial charge on any atom is 0.305 e. The Labute approximate surface area is 114 Å². The lowest BCUT2D eigenvalue weighted by atomic mass is 10.0. The van der Waals surface area contributed by atoms with Crippen molar-refractivity contribution in [3.63, 3.8) is 0 Å². The molecule has 0 saturated carbocycles. The summed E-state index contributed by atoms with van der Waals surface area (Å²) >= 11 is 0. The first-order valence-corrected chi connectivity index (χ1v) is 6.71. The van der Waals surface area contributed by atoms with Crippen LogP contribution in [0.25, 0.3) is 0 Å². The lowest BCUT2D eigenvalue weighted by Crippen LogP contribution is -2.53. The molecule has 19 heavy (non-hydrogen) atoms. The topological polar surface area (TPSA) is 43.8 Å². The number of benzene rings is 1. The van der Waals surface area contributed by atoms with E-state index in [1.807, 2.05) is 7.05 Å². The minimum Gasteiger partial charge on any atom is -0.481 e. The summed E-state index contributed by atoms with van der Waals surface area (Å²) in [7, 11) is 2.05. The van der Waals surface area contributed by atoms with E-state index in [0.29, 0.717) is 0 Å². The van der Waals surface area contributed by atoms with E-state index in [9.17, 15) is 4.79 Å². The molecule has 0 aliphatic carbocycles. The number of hydrogen-bond acceptors (Lipinski definition) is 3. The number of aliphatic carboxylic acids is 1. The van der Waals surface area contributed by atoms with Crippen LogP contribution in [-0.2, 0) is 4.79 Å². The first kappa shape index (κ1) is 13.9. The summed E-state index contributed by atoms with van der Waals surface area (Å²) in [6, 6.07) is 6.42. The van der Waals surface area contributed by atoms with Crippen LogP contribution in [0.15, 0.2) is 18.2 Å². The molecular weight excluding hydrogens is 240 g/mol. The summed E-state index contributed by atoms with van der Waals surface area (Å²) in [6.07, 6.45) is 0.192. The van der Waals surface area contributed by atoms with Gasteiger partial charge in [-0.25, -0.2) is 0 Å². The lowest BCUT2D eigenvalue weighted by molar-refractivity contribution is -0.137. The number of likely N-dealkylation sites (N-methyl/N-ethyl adjacent to an activating group) is 1. The smallest absolute Gasteiger partial charge is 0.305 e. The quantitative estimate of drug-likeness (QED) is 0.903. The first-order valence-electron chi connectivity index (χ1n) is 6.71. The Balaban J connectivity index is 2.26. The number of nitrogens with zero attached hydrogens (tertiary/aromatic N) is 2. The molecule has 1 unspecified atom stereocenters. The van der Waals surface area contributed by atoms with Crippen molar-refractivity contribution in [1.82, 2.24) is 4.90 Å². The highest BCUT2D eigenvalue weighted by Crippen LogP contribution is 2.26. The van der Waals surface area contributed by atoms with Crippen molar-refractivity contribution in [3.05, 3.63) is 29.3 Å². The summed E-state index contributed by atoms with van der Waals surface area (Å²) in [5, 5.41) is 9.08. The highest BCUT2D eigenvalue weighted by Gasteiger charge is 2.28. The number of aryl methyl sites for hydroxylation is 2. The zero-order valence-corrected chi connectivity index (χ0v) is 11.9. The van der Waals surface area contributed by atoms with Crippen LogP contribution in [0.5, 0.6) is 0 Å². The molecule has 1 aromatic rings. The van der Waals surface area contributed by atoms with Gasteiger partial charge in [-0.15, -0.1) is 0 Å². The van der Waals surface area contributed by atoms with Gasteiger partial charge in [0.15, 0.2) is 0 Å². The largest absolute Gasteiger partial charge is 0.481 e. The van der Waals surface area contributed by atoms with E-state index in [1.165, 1.54) is 16.8 Å². The zero-order valence-electron chi connectivity index (χ0n) is 11.9. The van der Waals surface area contributed by atoms with Gasteiger partial charge in [0.25, 0.3) is 0 Å². The number of carbonyl (C=O) groups is 1. The third-order valence-corrected chi connectivity index (χ3v) is 3.76. The highest BCUT2D eigenvalue weighted by molar-refractivity contribution is 5.69. The molecule has 1 N–H and O–H groups in total. The molecule has 1 atom stereocenters. The van der Waals surface area contributed by atoms with Crippen molar-refractivity contribution in [2.24, 2.45) is 0 Å². The summed E-state index contributed by atoms with van der Waals surface area (Å²) in [6.45, 7) is 6.84. The van der Waals surface area contributed by atoms with Crippen LogP contribution in [0.1, 0.15) is 17.5 Å². The third-order valence-electron chi connectivity index (χ3n) is 3.76. The van der Waals surface area contributed by atoms with Crippen LogP contribution in [-0.4, -0.2) is 48.7 Å². The Morgan fingerprint density at radius 2 is 2.11 bits per heavy atom. The minimum atomic E-state index is -0.727. The molecule has 104 valence electrons. The van der Waals surface area contributed by atoms with E-state index in [-0.39, 0.29) is 12.5 Å². The fourth-order valence-corrected chi connectivity index (χ4v) is 2.83. The summed E-state index contributed by atoms with van der Waals surface area (Å²) in [5.74, 6) is -0.727. The van der Waals surface area contributed by atoms with E-state index in [0.717, 1.165) is 19.6 Å². The monoisotopic (exact) mass is 262 g/mol. The van der Waals surface area contributed by atoms with Gasteiger partial charge in [0.05, 0.1) is 12.5 Å². The fourth-order valence-electron chi connectivity index (χ4n) is 2.83. The predicted molar refractivity (Wildman–Crippen MR) is 76.8 cm³/mol. The molecule has 1 aromatic carbocycles. The Hall–Kier alpha value is -1.55. The van der Waals surface area contributed by atoms with Crippen LogP contribution in [0.4, 0.5) is 5.69 Å². The van der Waals surface area contributed by atoms with Gasteiger partial charge in [-0.05, 0) is 32.5 Å². The van der Waals surface area contributed by atoms with Gasteiger partial charge >= 0.3 is 5.97 Å². The summed E-state index contributed by atoms with van der Waals surface area (Å²) < 4.78 is 0. The zero-order chi connectivity index (χ0) is 14.0. The van der Waals surface area contributed by atoms with Gasteiger partial charge in [-0.2, -0.15) is 0 Å². The van der Waals surface area contributed by atoms with Gasteiger partial charge < -0.3 is 14.9 Å². The number of piperazine rings is 1. The molecule has 1 saturated heterocycles. The van der Waals surface area contributed by atoms with Crippen LogP contribution >= 0.6 is 0 Å². The second-order valence-corrected chi connectivity index (χ2v) is 5.50. The van der Waals surface area contributed by atoms with E-state index in [2.05, 4.69) is 41.8 Å². The van der Waals surface area contributed by atoms with Gasteiger partial charge in [0.2, 0.25) is 0 Å². The molecule has 1 heterocycles. The number of hydrogen-bond donors (Lipinski definition) is 1. The van der Waals surface area contributed by atoms with Crippen molar-refractivity contribution < 1.29 is 9.90 Å². The Kier molecular flexibility index (Phi) is 4.10. The van der Waals surface area contributed by atoms with Crippen molar-refractivity contribution in [2.45, 2.75) is 26.3 Å². The van der Waals surface area contributed by atoms with E-state index >= 15 is 0 Å². The van der Waals surface area contributed by atoms with Gasteiger partial charge in [0.1, 0.15) is 0 Å². The van der Waals surface area contributed by atoms with Gasteiger partial charge in [-0.1, -0.05) is 17.7 Å². The number of carboxylic acid groups (broad SMARTS) is 1. The van der Waals surface area contributed by atoms with E-state index in [4.69, 9.17) is 5.11 Å². The predicted octanol–water partition coefficient (Wildman–Crippen LogP) is 1.90. The molecular formula is C15H22N2O2. The number of rotatable bonds is 3. The molecule has 0 aromatic heterocycles. The molecule has 0 radical (unpaired) electrons. The average Bonchev–Trinajstić information content (AvgIpc) is 2.30. The molecule has 1 aliphatic heterocycles. The molecule has 0 amide bonds. The molecule has 0 bridgehead atoms. The SMILES string of the molecule is Cc1ccc(N2CCN(C)CC2CC(=O)O)c(C)c1. The maximum atomic E-state index is 11.0. The highest BCUT2D eigenvalue weighted by atomic mass is 16.4. The fraction of sp³-hybridized carbons (Fsp3) is 0.533. The molecule has 1 fully saturated rings. The van der Waals surface area contributed by atoms with Crippen LogP contribution in [0.3, 0.4) is 0 Å². The maximum absolute atomic E-state index is 11.0. The minimum absolute atomic E-state index is 0.0534. The number of anilines is 1. The molecule has 0 spiro atoms. The third kappa shape index (κ3) is 3.26.